The summed E-state index contributed by atoms with van der Waals surface area (Å²) in [5, 5.41) is 4.61. The fourth-order valence-corrected chi connectivity index (χ4v) is 3.98. The monoisotopic (exact) mass is 434 g/mol. The van der Waals surface area contributed by atoms with Crippen molar-refractivity contribution in [3.63, 3.8) is 0 Å². The fraction of sp³-hybridized carbons (Fsp3) is 0.320. The molecule has 166 valence electrons. The maximum atomic E-state index is 12.7. The van der Waals surface area contributed by atoms with Crippen LogP contribution in [0.5, 0.6) is 0 Å². The van der Waals surface area contributed by atoms with Gasteiger partial charge in [0.15, 0.2) is 5.69 Å². The third kappa shape index (κ3) is 4.43. The third-order valence-electron chi connectivity index (χ3n) is 5.67. The molecular formula is C25H26N2O5. The highest BCUT2D eigenvalue weighted by Crippen LogP contribution is 2.30. The Hall–Kier alpha value is -3.45. The molecule has 0 N–H and O–H groups in total. The summed E-state index contributed by atoms with van der Waals surface area (Å²) in [7, 11) is 2.54. The number of ether oxygens (including phenoxy) is 3. The molecule has 1 saturated carbocycles. The molecule has 1 aliphatic carbocycles. The Labute approximate surface area is 186 Å². The smallest absolute Gasteiger partial charge is 0.357 e. The van der Waals surface area contributed by atoms with Gasteiger partial charge in [0.25, 0.3) is 0 Å². The Kier molecular flexibility index (Phi) is 6.66. The molecule has 1 aromatic heterocycles. The van der Waals surface area contributed by atoms with Gasteiger partial charge in [-0.25, -0.2) is 14.3 Å². The topological polar surface area (TPSA) is 79.7 Å². The van der Waals surface area contributed by atoms with Crippen LogP contribution in [0.15, 0.2) is 54.6 Å². The molecule has 7 heteroatoms. The molecule has 3 aromatic rings. The van der Waals surface area contributed by atoms with E-state index in [1.807, 2.05) is 42.5 Å². The van der Waals surface area contributed by atoms with Crippen molar-refractivity contribution in [3.05, 3.63) is 71.4 Å². The van der Waals surface area contributed by atoms with Crippen LogP contribution in [0.25, 0.3) is 16.9 Å². The van der Waals surface area contributed by atoms with Crippen LogP contribution in [0.2, 0.25) is 0 Å². The number of aromatic nitrogens is 2. The van der Waals surface area contributed by atoms with E-state index in [0.29, 0.717) is 29.7 Å². The number of carbonyl (C=O) groups is 2. The first-order valence-corrected chi connectivity index (χ1v) is 10.7. The van der Waals surface area contributed by atoms with E-state index in [4.69, 9.17) is 14.2 Å². The van der Waals surface area contributed by atoms with Gasteiger partial charge in [-0.05, 0) is 30.5 Å². The lowest BCUT2D eigenvalue weighted by Gasteiger charge is -2.11. The number of hydrogen-bond donors (Lipinski definition) is 0. The molecule has 2 aromatic carbocycles. The molecule has 1 heterocycles. The van der Waals surface area contributed by atoms with Gasteiger partial charge in [-0.1, -0.05) is 55.3 Å². The Morgan fingerprint density at radius 1 is 0.938 bits per heavy atom. The Morgan fingerprint density at radius 2 is 1.59 bits per heavy atom. The normalized spacial score (nSPS) is 13.8. The number of methoxy groups -OCH3 is 2. The number of esters is 2. The summed E-state index contributed by atoms with van der Waals surface area (Å²) in [5.41, 5.74) is 2.80. The van der Waals surface area contributed by atoms with E-state index in [1.165, 1.54) is 31.7 Å². The van der Waals surface area contributed by atoms with Crippen LogP contribution in [0.3, 0.4) is 0 Å². The predicted molar refractivity (Wildman–Crippen MR) is 119 cm³/mol. The van der Waals surface area contributed by atoms with Crippen LogP contribution in [-0.2, 0) is 20.8 Å². The standard InChI is InChI=1S/C25H26N2O5/c1-30-24(28)21-22(18-14-12-17(13-15-18)16-32-20-10-6-7-11-20)26-27(23(21)25(29)31-2)19-8-4-3-5-9-19/h3-5,8-9,12-15,20H,6-7,10-11,16H2,1-2H3. The van der Waals surface area contributed by atoms with Crippen molar-refractivity contribution >= 4 is 11.9 Å². The molecule has 7 nitrogen and oxygen atoms in total. The molecule has 0 atom stereocenters. The Morgan fingerprint density at radius 3 is 2.22 bits per heavy atom. The van der Waals surface area contributed by atoms with Crippen LogP contribution in [0.4, 0.5) is 0 Å². The molecule has 0 radical (unpaired) electrons. The van der Waals surface area contributed by atoms with Crippen molar-refractivity contribution < 1.29 is 23.8 Å². The maximum Gasteiger partial charge on any atom is 0.357 e. The van der Waals surface area contributed by atoms with Gasteiger partial charge >= 0.3 is 11.9 Å². The predicted octanol–water partition coefficient (Wildman–Crippen LogP) is 4.57. The fourth-order valence-electron chi connectivity index (χ4n) is 3.98. The van der Waals surface area contributed by atoms with E-state index < -0.39 is 11.9 Å². The first-order valence-electron chi connectivity index (χ1n) is 10.7. The minimum absolute atomic E-state index is 0.0224. The lowest BCUT2D eigenvalue weighted by atomic mass is 10.0. The summed E-state index contributed by atoms with van der Waals surface area (Å²) in [4.78, 5) is 25.4. The second kappa shape index (κ2) is 9.78. The summed E-state index contributed by atoms with van der Waals surface area (Å²) in [6.45, 7) is 0.542. The van der Waals surface area contributed by atoms with Gasteiger partial charge in [0.05, 0.1) is 32.6 Å². The number of benzene rings is 2. The zero-order valence-corrected chi connectivity index (χ0v) is 18.2. The van der Waals surface area contributed by atoms with Crippen molar-refractivity contribution in [2.75, 3.05) is 14.2 Å². The Balaban J connectivity index is 1.73. The first kappa shape index (κ1) is 21.8. The van der Waals surface area contributed by atoms with Gasteiger partial charge in [0.1, 0.15) is 11.3 Å². The van der Waals surface area contributed by atoms with Crippen molar-refractivity contribution in [1.82, 2.24) is 9.78 Å². The minimum Gasteiger partial charge on any atom is -0.465 e. The molecule has 1 aliphatic rings. The van der Waals surface area contributed by atoms with E-state index >= 15 is 0 Å². The van der Waals surface area contributed by atoms with Crippen LogP contribution in [0, 0.1) is 0 Å². The third-order valence-corrected chi connectivity index (χ3v) is 5.67. The van der Waals surface area contributed by atoms with Gasteiger partial charge in [-0.3, -0.25) is 0 Å². The lowest BCUT2D eigenvalue weighted by Crippen LogP contribution is -2.15. The number of hydrogen-bond acceptors (Lipinski definition) is 6. The largest absolute Gasteiger partial charge is 0.465 e. The molecular weight excluding hydrogens is 408 g/mol. The van der Waals surface area contributed by atoms with Crippen molar-refractivity contribution in [2.45, 2.75) is 38.4 Å². The van der Waals surface area contributed by atoms with Crippen molar-refractivity contribution in [1.29, 1.82) is 0 Å². The summed E-state index contributed by atoms with van der Waals surface area (Å²) in [6.07, 6.45) is 5.03. The SMILES string of the molecule is COC(=O)c1c(-c2ccc(COC3CCCC3)cc2)nn(-c2ccccc2)c1C(=O)OC. The quantitative estimate of drug-likeness (QED) is 0.507. The highest BCUT2D eigenvalue weighted by atomic mass is 16.5. The van der Waals surface area contributed by atoms with E-state index in [1.54, 1.807) is 12.1 Å². The zero-order valence-electron chi connectivity index (χ0n) is 18.2. The molecule has 0 bridgehead atoms. The van der Waals surface area contributed by atoms with E-state index in [0.717, 1.165) is 18.4 Å². The van der Waals surface area contributed by atoms with E-state index in [2.05, 4.69) is 5.10 Å². The molecule has 4 rings (SSSR count). The molecule has 32 heavy (non-hydrogen) atoms. The van der Waals surface area contributed by atoms with Gasteiger partial charge in [0, 0.05) is 5.56 Å². The van der Waals surface area contributed by atoms with Gasteiger partial charge in [0.2, 0.25) is 0 Å². The highest BCUT2D eigenvalue weighted by molar-refractivity contribution is 6.06. The number of carbonyl (C=O) groups excluding carboxylic acids is 2. The molecule has 0 saturated heterocycles. The van der Waals surface area contributed by atoms with Gasteiger partial charge in [-0.2, -0.15) is 5.10 Å². The second-order valence-electron chi connectivity index (χ2n) is 7.72. The average molecular weight is 434 g/mol. The van der Waals surface area contributed by atoms with Crippen molar-refractivity contribution in [2.24, 2.45) is 0 Å². The van der Waals surface area contributed by atoms with Crippen LogP contribution in [-0.4, -0.2) is 42.0 Å². The second-order valence-corrected chi connectivity index (χ2v) is 7.72. The van der Waals surface area contributed by atoms with Crippen LogP contribution >= 0.6 is 0 Å². The highest BCUT2D eigenvalue weighted by Gasteiger charge is 2.31. The molecule has 0 unspecified atom stereocenters. The average Bonchev–Trinajstić information content (AvgIpc) is 3.51. The molecule has 1 fully saturated rings. The van der Waals surface area contributed by atoms with E-state index in [9.17, 15) is 9.59 Å². The number of rotatable bonds is 7. The number of para-hydroxylation sites is 1. The van der Waals surface area contributed by atoms with E-state index in [-0.39, 0.29) is 11.3 Å². The summed E-state index contributed by atoms with van der Waals surface area (Å²) < 4.78 is 17.3. The zero-order chi connectivity index (χ0) is 22.5. The van der Waals surface area contributed by atoms with Gasteiger partial charge in [-0.15, -0.1) is 0 Å². The summed E-state index contributed by atoms with van der Waals surface area (Å²) in [5.74, 6) is -1.33. The van der Waals surface area contributed by atoms with Crippen LogP contribution < -0.4 is 0 Å². The molecule has 0 amide bonds. The van der Waals surface area contributed by atoms with Crippen molar-refractivity contribution in [3.8, 4) is 16.9 Å². The minimum atomic E-state index is -0.672. The van der Waals surface area contributed by atoms with Gasteiger partial charge < -0.3 is 14.2 Å². The summed E-state index contributed by atoms with van der Waals surface area (Å²) >= 11 is 0. The van der Waals surface area contributed by atoms with Crippen LogP contribution in [0.1, 0.15) is 52.1 Å². The Bertz CT molecular complexity index is 1080. The molecule has 0 spiro atoms. The maximum absolute atomic E-state index is 12.7. The summed E-state index contributed by atoms with van der Waals surface area (Å²) in [6, 6.07) is 16.8. The number of nitrogens with zero attached hydrogens (tertiary/aromatic N) is 2. The lowest BCUT2D eigenvalue weighted by molar-refractivity contribution is 0.0457. The molecule has 0 aliphatic heterocycles. The first-order chi connectivity index (χ1) is 15.6.